The average Bonchev–Trinajstić information content (AvgIpc) is 3.16. The van der Waals surface area contributed by atoms with E-state index in [-0.39, 0.29) is 11.7 Å². The molecule has 25 heavy (non-hydrogen) atoms. The van der Waals surface area contributed by atoms with Crippen LogP contribution in [0.3, 0.4) is 0 Å². The summed E-state index contributed by atoms with van der Waals surface area (Å²) in [6.07, 6.45) is 2.08. The van der Waals surface area contributed by atoms with Gasteiger partial charge in [0.2, 0.25) is 0 Å². The van der Waals surface area contributed by atoms with Gasteiger partial charge in [-0.15, -0.1) is 0 Å². The van der Waals surface area contributed by atoms with Crippen LogP contribution >= 0.6 is 0 Å². The van der Waals surface area contributed by atoms with Crippen molar-refractivity contribution in [2.45, 2.75) is 44.6 Å². The summed E-state index contributed by atoms with van der Waals surface area (Å²) >= 11 is 0. The van der Waals surface area contributed by atoms with Crippen LogP contribution in [0.25, 0.3) is 5.52 Å². The summed E-state index contributed by atoms with van der Waals surface area (Å²) in [4.78, 5) is 8.44. The Morgan fingerprint density at radius 3 is 2.92 bits per heavy atom. The molecule has 1 aliphatic heterocycles. The van der Waals surface area contributed by atoms with Crippen LogP contribution in [0.15, 0.2) is 36.8 Å². The molecule has 8 heteroatoms. The lowest BCUT2D eigenvalue weighted by molar-refractivity contribution is -0.160. The average molecular weight is 349 g/mol. The van der Waals surface area contributed by atoms with E-state index in [1.54, 1.807) is 41.9 Å². The Morgan fingerprint density at radius 1 is 1.28 bits per heavy atom. The highest BCUT2D eigenvalue weighted by Gasteiger charge is 2.44. The van der Waals surface area contributed by atoms with E-state index in [0.29, 0.717) is 30.7 Å². The summed E-state index contributed by atoms with van der Waals surface area (Å²) in [6, 6.07) is 3.10. The highest BCUT2D eigenvalue weighted by molar-refractivity contribution is 5.54. The fourth-order valence-corrected chi connectivity index (χ4v) is 3.50. The monoisotopic (exact) mass is 349 g/mol. The first-order valence-electron chi connectivity index (χ1n) is 8.20. The van der Waals surface area contributed by atoms with E-state index in [1.165, 1.54) is 0 Å². The third-order valence-electron chi connectivity index (χ3n) is 4.69. The predicted octanol–water partition coefficient (Wildman–Crippen LogP) is 3.05. The number of imidazole rings is 2. The molecule has 0 aromatic carbocycles. The third kappa shape index (κ3) is 2.90. The highest BCUT2D eigenvalue weighted by atomic mass is 19.4. The van der Waals surface area contributed by atoms with Crippen LogP contribution in [0.4, 0.5) is 13.2 Å². The normalized spacial score (nSPS) is 19.1. The Hall–Kier alpha value is -2.35. The molecule has 4 rings (SSSR count). The molecule has 0 amide bonds. The van der Waals surface area contributed by atoms with Crippen molar-refractivity contribution in [2.24, 2.45) is 0 Å². The van der Waals surface area contributed by atoms with Gasteiger partial charge in [-0.1, -0.05) is 6.07 Å². The van der Waals surface area contributed by atoms with Gasteiger partial charge in [-0.2, -0.15) is 13.2 Å². The molecule has 0 saturated carbocycles. The minimum absolute atomic E-state index is 0.0297. The Labute approximate surface area is 142 Å². The minimum Gasteiger partial charge on any atom is -0.333 e. The van der Waals surface area contributed by atoms with Gasteiger partial charge in [-0.05, 0) is 25.5 Å². The van der Waals surface area contributed by atoms with Crippen LogP contribution in [0, 0.1) is 6.92 Å². The number of fused-ring (bicyclic) bond motifs is 2. The first-order chi connectivity index (χ1) is 11.9. The molecule has 5 nitrogen and oxygen atoms in total. The third-order valence-corrected chi connectivity index (χ3v) is 4.69. The predicted molar refractivity (Wildman–Crippen MR) is 86.2 cm³/mol. The Bertz CT molecular complexity index is 895. The van der Waals surface area contributed by atoms with Gasteiger partial charge >= 0.3 is 6.18 Å². The number of rotatable bonds is 3. The lowest BCUT2D eigenvalue weighted by atomic mass is 10.0. The van der Waals surface area contributed by atoms with E-state index in [9.17, 15) is 13.2 Å². The maximum atomic E-state index is 13.8. The number of hydrogen-bond donors (Lipinski definition) is 1. The summed E-state index contributed by atoms with van der Waals surface area (Å²) in [6.45, 7) is 2.19. The molecule has 1 aliphatic rings. The molecule has 0 radical (unpaired) electrons. The Morgan fingerprint density at radius 2 is 2.12 bits per heavy atom. The topological polar surface area (TPSA) is 47.2 Å². The quantitative estimate of drug-likeness (QED) is 0.791. The van der Waals surface area contributed by atoms with Gasteiger partial charge in [0.1, 0.15) is 17.7 Å². The zero-order valence-electron chi connectivity index (χ0n) is 13.7. The largest absolute Gasteiger partial charge is 0.409 e. The molecule has 0 spiro atoms. The number of hydrogen-bond acceptors (Lipinski definition) is 3. The van der Waals surface area contributed by atoms with E-state index in [4.69, 9.17) is 0 Å². The summed E-state index contributed by atoms with van der Waals surface area (Å²) in [5, 5.41) is 2.80. The number of halogens is 3. The van der Waals surface area contributed by atoms with Crippen molar-refractivity contribution in [1.29, 1.82) is 0 Å². The second-order valence-electron chi connectivity index (χ2n) is 6.37. The maximum absolute atomic E-state index is 13.8. The molecular formula is C17H18F3N5. The first-order valence-corrected chi connectivity index (χ1v) is 8.20. The standard InChI is InChI=1S/C17H18F3N5/c1-11-22-15(13-4-2-3-8-25(11)13)16(17(18,19)20)23-12-5-6-14-21-7-9-24(14)10-12/h2-4,7-9,12,16,23H,5-6,10H2,1H3. The van der Waals surface area contributed by atoms with Gasteiger partial charge < -0.3 is 8.97 Å². The van der Waals surface area contributed by atoms with E-state index < -0.39 is 12.2 Å². The van der Waals surface area contributed by atoms with Gasteiger partial charge in [0.25, 0.3) is 0 Å². The number of nitrogens with zero attached hydrogens (tertiary/aromatic N) is 4. The molecule has 3 aromatic rings. The van der Waals surface area contributed by atoms with Crippen LogP contribution in [0.1, 0.15) is 29.8 Å². The highest BCUT2D eigenvalue weighted by Crippen LogP contribution is 2.35. The molecule has 0 fully saturated rings. The zero-order valence-corrected chi connectivity index (χ0v) is 13.7. The first kappa shape index (κ1) is 16.1. The maximum Gasteiger partial charge on any atom is 0.409 e. The van der Waals surface area contributed by atoms with Crippen LogP contribution in [-0.2, 0) is 13.0 Å². The van der Waals surface area contributed by atoms with Crippen molar-refractivity contribution in [3.63, 3.8) is 0 Å². The van der Waals surface area contributed by atoms with Gasteiger partial charge in [-0.3, -0.25) is 5.32 Å². The molecule has 0 aliphatic carbocycles. The molecule has 0 bridgehead atoms. The number of nitrogens with one attached hydrogen (secondary N) is 1. The summed E-state index contributed by atoms with van der Waals surface area (Å²) in [5.41, 5.74) is 0.510. The molecular weight excluding hydrogens is 331 g/mol. The molecule has 4 heterocycles. The van der Waals surface area contributed by atoms with Crippen LogP contribution in [0.2, 0.25) is 0 Å². The Kier molecular flexibility index (Phi) is 3.79. The molecule has 3 aromatic heterocycles. The van der Waals surface area contributed by atoms with Crippen molar-refractivity contribution in [3.05, 3.63) is 54.1 Å². The number of aryl methyl sites for hydroxylation is 2. The van der Waals surface area contributed by atoms with Gasteiger partial charge in [-0.25, -0.2) is 9.97 Å². The van der Waals surface area contributed by atoms with E-state index in [2.05, 4.69) is 15.3 Å². The second-order valence-corrected chi connectivity index (χ2v) is 6.37. The SMILES string of the molecule is Cc1nc(C(NC2CCc3nccn3C2)C(F)(F)F)c2ccccn12. The fraction of sp³-hybridized carbons (Fsp3) is 0.412. The fourth-order valence-electron chi connectivity index (χ4n) is 3.50. The molecule has 2 atom stereocenters. The van der Waals surface area contributed by atoms with Crippen molar-refractivity contribution in [2.75, 3.05) is 0 Å². The number of aromatic nitrogens is 4. The van der Waals surface area contributed by atoms with E-state index in [0.717, 1.165) is 5.82 Å². The second kappa shape index (κ2) is 5.87. The smallest absolute Gasteiger partial charge is 0.333 e. The molecule has 0 saturated heterocycles. The van der Waals surface area contributed by atoms with Crippen molar-refractivity contribution < 1.29 is 13.2 Å². The number of alkyl halides is 3. The summed E-state index contributed by atoms with van der Waals surface area (Å²) in [7, 11) is 0. The number of pyridine rings is 1. The van der Waals surface area contributed by atoms with Crippen molar-refractivity contribution >= 4 is 5.52 Å². The lowest BCUT2D eigenvalue weighted by Crippen LogP contribution is -2.44. The van der Waals surface area contributed by atoms with Gasteiger partial charge in [0.15, 0.2) is 0 Å². The molecule has 1 N–H and O–H groups in total. The van der Waals surface area contributed by atoms with Crippen LogP contribution in [-0.4, -0.2) is 31.2 Å². The van der Waals surface area contributed by atoms with Crippen molar-refractivity contribution in [1.82, 2.24) is 24.3 Å². The van der Waals surface area contributed by atoms with Crippen molar-refractivity contribution in [3.8, 4) is 0 Å². The lowest BCUT2D eigenvalue weighted by Gasteiger charge is -2.30. The van der Waals surface area contributed by atoms with E-state index in [1.807, 2.05) is 10.8 Å². The zero-order chi connectivity index (χ0) is 17.6. The minimum atomic E-state index is -4.42. The summed E-state index contributed by atoms with van der Waals surface area (Å²) in [5.74, 6) is 1.46. The Balaban J connectivity index is 1.67. The van der Waals surface area contributed by atoms with E-state index >= 15 is 0 Å². The van der Waals surface area contributed by atoms with Crippen LogP contribution < -0.4 is 5.32 Å². The summed E-state index contributed by atoms with van der Waals surface area (Å²) < 4.78 is 45.0. The molecule has 132 valence electrons. The van der Waals surface area contributed by atoms with Gasteiger partial charge in [0.05, 0.1) is 11.2 Å². The van der Waals surface area contributed by atoms with Gasteiger partial charge in [0, 0.05) is 37.6 Å². The van der Waals surface area contributed by atoms with Crippen LogP contribution in [0.5, 0.6) is 0 Å². The molecule has 2 unspecified atom stereocenters.